The van der Waals surface area contributed by atoms with E-state index in [1.807, 2.05) is 35.9 Å². The predicted molar refractivity (Wildman–Crippen MR) is 113 cm³/mol. The molecule has 0 spiro atoms. The van der Waals surface area contributed by atoms with Crippen molar-refractivity contribution in [3.63, 3.8) is 0 Å². The van der Waals surface area contributed by atoms with Gasteiger partial charge < -0.3 is 14.5 Å². The summed E-state index contributed by atoms with van der Waals surface area (Å²) in [5.41, 5.74) is 0.501. The van der Waals surface area contributed by atoms with E-state index in [4.69, 9.17) is 26.1 Å². The van der Waals surface area contributed by atoms with Gasteiger partial charge in [-0.2, -0.15) is 5.10 Å². The Morgan fingerprint density at radius 2 is 2.03 bits per heavy atom. The monoisotopic (exact) mass is 429 g/mol. The molecule has 5 rings (SSSR count). The molecule has 1 unspecified atom stereocenters. The molecule has 1 aromatic carbocycles. The second-order valence-corrected chi connectivity index (χ2v) is 8.33. The van der Waals surface area contributed by atoms with Crippen LogP contribution in [0.3, 0.4) is 0 Å². The number of ether oxygens (including phenoxy) is 2. The molecule has 2 aromatic heterocycles. The SMILES string of the molecule is CC(c1nc2c(cnn2C2CCOCC2)c(=O)[nH]1)N1CC(Oc2ccccc2Cl)C1. The Morgan fingerprint density at radius 3 is 2.80 bits per heavy atom. The molecule has 0 radical (unpaired) electrons. The maximum absolute atomic E-state index is 12.6. The molecule has 2 aliphatic rings. The third kappa shape index (κ3) is 3.59. The first-order chi connectivity index (χ1) is 14.6. The highest BCUT2D eigenvalue weighted by Gasteiger charge is 2.34. The van der Waals surface area contributed by atoms with E-state index in [1.165, 1.54) is 0 Å². The number of hydrogen-bond donors (Lipinski definition) is 1. The van der Waals surface area contributed by atoms with Gasteiger partial charge in [0.05, 0.1) is 23.3 Å². The van der Waals surface area contributed by atoms with E-state index in [2.05, 4.69) is 15.0 Å². The molecular weight excluding hydrogens is 406 g/mol. The number of likely N-dealkylation sites (tertiary alicyclic amines) is 1. The molecule has 3 aromatic rings. The van der Waals surface area contributed by atoms with Gasteiger partial charge in [-0.15, -0.1) is 0 Å². The maximum Gasteiger partial charge on any atom is 0.262 e. The van der Waals surface area contributed by atoms with Crippen LogP contribution in [0.4, 0.5) is 0 Å². The summed E-state index contributed by atoms with van der Waals surface area (Å²) in [5, 5.41) is 5.60. The molecule has 0 bridgehead atoms. The van der Waals surface area contributed by atoms with Crippen molar-refractivity contribution in [1.29, 1.82) is 0 Å². The molecule has 2 saturated heterocycles. The number of benzene rings is 1. The summed E-state index contributed by atoms with van der Waals surface area (Å²) in [5.74, 6) is 1.35. The quantitative estimate of drug-likeness (QED) is 0.671. The lowest BCUT2D eigenvalue weighted by Crippen LogP contribution is -2.54. The lowest BCUT2D eigenvalue weighted by atomic mass is 10.1. The van der Waals surface area contributed by atoms with E-state index in [0.717, 1.165) is 25.9 Å². The number of hydrogen-bond acceptors (Lipinski definition) is 6. The summed E-state index contributed by atoms with van der Waals surface area (Å²) in [7, 11) is 0. The molecule has 0 aliphatic carbocycles. The van der Waals surface area contributed by atoms with Gasteiger partial charge in [0.1, 0.15) is 23.1 Å². The van der Waals surface area contributed by atoms with Crippen LogP contribution in [0.1, 0.15) is 37.7 Å². The van der Waals surface area contributed by atoms with Crippen LogP contribution < -0.4 is 10.3 Å². The van der Waals surface area contributed by atoms with Crippen molar-refractivity contribution in [2.45, 2.75) is 38.0 Å². The zero-order chi connectivity index (χ0) is 20.7. The van der Waals surface area contributed by atoms with Crippen LogP contribution >= 0.6 is 11.6 Å². The number of para-hydroxylation sites is 1. The van der Waals surface area contributed by atoms with E-state index >= 15 is 0 Å². The maximum atomic E-state index is 12.6. The average molecular weight is 430 g/mol. The van der Waals surface area contributed by atoms with Gasteiger partial charge in [-0.1, -0.05) is 23.7 Å². The van der Waals surface area contributed by atoms with E-state index in [9.17, 15) is 4.79 Å². The van der Waals surface area contributed by atoms with Crippen molar-refractivity contribution in [3.05, 3.63) is 51.7 Å². The van der Waals surface area contributed by atoms with Gasteiger partial charge in [0, 0.05) is 26.3 Å². The molecule has 4 heterocycles. The Kier molecular flexibility index (Phi) is 5.22. The molecule has 158 valence electrons. The molecule has 0 amide bonds. The van der Waals surface area contributed by atoms with E-state index in [1.54, 1.807) is 6.20 Å². The van der Waals surface area contributed by atoms with Gasteiger partial charge in [-0.3, -0.25) is 9.69 Å². The standard InChI is InChI=1S/C21H24ClN5O3/c1-13(26-11-15(12-26)30-18-5-3-2-4-17(18)22)19-24-20-16(21(28)25-19)10-23-27(20)14-6-8-29-9-7-14/h2-5,10,13-15H,6-9,11-12H2,1H3,(H,24,25,28). The normalized spacial score (nSPS) is 19.7. The van der Waals surface area contributed by atoms with Crippen LogP contribution in [0.25, 0.3) is 11.0 Å². The van der Waals surface area contributed by atoms with Gasteiger partial charge in [0.25, 0.3) is 5.56 Å². The number of aromatic nitrogens is 4. The number of nitrogens with zero attached hydrogens (tertiary/aromatic N) is 4. The Morgan fingerprint density at radius 1 is 1.27 bits per heavy atom. The summed E-state index contributed by atoms with van der Waals surface area (Å²) in [4.78, 5) is 22.6. The largest absolute Gasteiger partial charge is 0.486 e. The lowest BCUT2D eigenvalue weighted by Gasteiger charge is -2.42. The third-order valence-corrected chi connectivity index (χ3v) is 6.28. The van der Waals surface area contributed by atoms with Crippen LogP contribution in [0.2, 0.25) is 5.02 Å². The molecule has 8 nitrogen and oxygen atoms in total. The first-order valence-corrected chi connectivity index (χ1v) is 10.7. The number of H-pyrrole nitrogens is 1. The van der Waals surface area contributed by atoms with Crippen molar-refractivity contribution >= 4 is 22.6 Å². The van der Waals surface area contributed by atoms with Gasteiger partial charge in [-0.25, -0.2) is 9.67 Å². The second-order valence-electron chi connectivity index (χ2n) is 7.92. The van der Waals surface area contributed by atoms with Crippen LogP contribution in [-0.4, -0.2) is 57.1 Å². The first kappa shape index (κ1) is 19.5. The summed E-state index contributed by atoms with van der Waals surface area (Å²) in [6.07, 6.45) is 3.44. The van der Waals surface area contributed by atoms with Crippen LogP contribution in [0.5, 0.6) is 5.75 Å². The second kappa shape index (κ2) is 8.02. The minimum Gasteiger partial charge on any atom is -0.486 e. The van der Waals surface area contributed by atoms with Crippen molar-refractivity contribution in [2.24, 2.45) is 0 Å². The Hall–Kier alpha value is -2.42. The number of aromatic amines is 1. The summed E-state index contributed by atoms with van der Waals surface area (Å²) < 4.78 is 13.3. The number of rotatable bonds is 5. The molecule has 1 N–H and O–H groups in total. The summed E-state index contributed by atoms with van der Waals surface area (Å²) >= 11 is 6.18. The van der Waals surface area contributed by atoms with Crippen LogP contribution in [0.15, 0.2) is 35.3 Å². The van der Waals surface area contributed by atoms with E-state index in [-0.39, 0.29) is 23.7 Å². The van der Waals surface area contributed by atoms with Gasteiger partial charge in [-0.05, 0) is 31.9 Å². The zero-order valence-electron chi connectivity index (χ0n) is 16.8. The zero-order valence-corrected chi connectivity index (χ0v) is 17.5. The lowest BCUT2D eigenvalue weighted by molar-refractivity contribution is -0.00730. The van der Waals surface area contributed by atoms with E-state index in [0.29, 0.717) is 40.8 Å². The van der Waals surface area contributed by atoms with Crippen LogP contribution in [-0.2, 0) is 4.74 Å². The van der Waals surface area contributed by atoms with Gasteiger partial charge in [0.2, 0.25) is 0 Å². The number of fused-ring (bicyclic) bond motifs is 1. The molecule has 2 aliphatic heterocycles. The number of halogens is 1. The van der Waals surface area contributed by atoms with Gasteiger partial charge in [0.15, 0.2) is 5.65 Å². The highest BCUT2D eigenvalue weighted by atomic mass is 35.5. The third-order valence-electron chi connectivity index (χ3n) is 5.97. The number of nitrogens with one attached hydrogen (secondary N) is 1. The Bertz CT molecular complexity index is 1100. The highest BCUT2D eigenvalue weighted by Crippen LogP contribution is 2.30. The van der Waals surface area contributed by atoms with Crippen molar-refractivity contribution in [1.82, 2.24) is 24.6 Å². The van der Waals surface area contributed by atoms with E-state index < -0.39 is 0 Å². The fraction of sp³-hybridized carbons (Fsp3) is 0.476. The fourth-order valence-electron chi connectivity index (χ4n) is 4.10. The Labute approximate surface area is 178 Å². The van der Waals surface area contributed by atoms with Crippen LogP contribution in [0, 0.1) is 0 Å². The summed E-state index contributed by atoms with van der Waals surface area (Å²) in [6, 6.07) is 7.66. The van der Waals surface area contributed by atoms with Crippen molar-refractivity contribution in [3.8, 4) is 5.75 Å². The topological polar surface area (TPSA) is 85.3 Å². The predicted octanol–water partition coefficient (Wildman–Crippen LogP) is 2.95. The molecular formula is C21H24ClN5O3. The first-order valence-electron chi connectivity index (χ1n) is 10.3. The fourth-order valence-corrected chi connectivity index (χ4v) is 4.28. The summed E-state index contributed by atoms with van der Waals surface area (Å²) in [6.45, 7) is 4.95. The van der Waals surface area contributed by atoms with Crippen molar-refractivity contribution < 1.29 is 9.47 Å². The average Bonchev–Trinajstić information content (AvgIpc) is 3.16. The van der Waals surface area contributed by atoms with Gasteiger partial charge >= 0.3 is 0 Å². The highest BCUT2D eigenvalue weighted by molar-refractivity contribution is 6.32. The van der Waals surface area contributed by atoms with Crippen molar-refractivity contribution in [2.75, 3.05) is 26.3 Å². The Balaban J connectivity index is 1.32. The molecule has 9 heteroatoms. The molecule has 1 atom stereocenters. The molecule has 2 fully saturated rings. The minimum atomic E-state index is -0.149. The molecule has 0 saturated carbocycles. The molecule has 30 heavy (non-hydrogen) atoms. The smallest absolute Gasteiger partial charge is 0.262 e. The minimum absolute atomic E-state index is 0.0359.